The first-order chi connectivity index (χ1) is 14.7. The molecule has 0 radical (unpaired) electrons. The summed E-state index contributed by atoms with van der Waals surface area (Å²) < 4.78 is 0. The van der Waals surface area contributed by atoms with Gasteiger partial charge in [0.1, 0.15) is 0 Å². The van der Waals surface area contributed by atoms with Crippen molar-refractivity contribution in [2.24, 2.45) is 0 Å². The van der Waals surface area contributed by atoms with E-state index in [-0.39, 0.29) is 10.9 Å². The maximum atomic E-state index is 13.4. The standard InChI is InChI=1S/C28H14O2/c29-27-19-8-4-3-7-18(19)25-20(27)11-12-21-26(25)23-13-16-10-9-15-5-1-2-6-17(15)22(16)14-24(23)28(21)30/h1-14H. The van der Waals surface area contributed by atoms with Crippen LogP contribution in [-0.4, -0.2) is 0 Å². The minimum absolute atomic E-state index is 0.0365. The first kappa shape index (κ1) is 15.8. The van der Waals surface area contributed by atoms with Crippen LogP contribution in [-0.2, 0) is 0 Å². The van der Waals surface area contributed by atoms with Crippen molar-refractivity contribution >= 4 is 64.6 Å². The average Bonchev–Trinajstić information content (AvgIpc) is 3.24. The number of hydrogen-bond acceptors (Lipinski definition) is 2. The van der Waals surface area contributed by atoms with Crippen molar-refractivity contribution in [2.75, 3.05) is 0 Å². The molecule has 0 spiro atoms. The SMILES string of the molecule is O=c1c2ccccc2c2c1ccc1c(=O)c3cc4c(ccc5ccccc54)cc3c12. The maximum absolute atomic E-state index is 13.4. The Morgan fingerprint density at radius 3 is 1.77 bits per heavy atom. The highest BCUT2D eigenvalue weighted by Crippen LogP contribution is 2.38. The summed E-state index contributed by atoms with van der Waals surface area (Å²) in [5, 5.41) is 11.0. The van der Waals surface area contributed by atoms with Crippen LogP contribution in [0.2, 0.25) is 0 Å². The van der Waals surface area contributed by atoms with Crippen LogP contribution in [0.15, 0.2) is 94.5 Å². The molecule has 7 aromatic rings. The lowest BCUT2D eigenvalue weighted by Crippen LogP contribution is -1.95. The van der Waals surface area contributed by atoms with Crippen LogP contribution in [0.4, 0.5) is 0 Å². The Hall–Kier alpha value is -4.04. The van der Waals surface area contributed by atoms with Gasteiger partial charge in [-0.2, -0.15) is 0 Å². The minimum atomic E-state index is 0.0365. The molecule has 0 amide bonds. The van der Waals surface area contributed by atoms with E-state index in [2.05, 4.69) is 30.3 Å². The Balaban J connectivity index is 1.80. The van der Waals surface area contributed by atoms with Gasteiger partial charge in [0.05, 0.1) is 0 Å². The lowest BCUT2D eigenvalue weighted by Gasteiger charge is -2.05. The predicted molar refractivity (Wildman–Crippen MR) is 126 cm³/mol. The molecule has 0 atom stereocenters. The van der Waals surface area contributed by atoms with Crippen molar-refractivity contribution in [3.63, 3.8) is 0 Å². The molecule has 0 heterocycles. The third kappa shape index (κ3) is 1.79. The second-order valence-electron chi connectivity index (χ2n) is 8.02. The molecule has 0 bridgehead atoms. The molecular formula is C28H14O2. The van der Waals surface area contributed by atoms with Crippen LogP contribution in [0.1, 0.15) is 0 Å². The molecular weight excluding hydrogens is 368 g/mol. The molecule has 138 valence electrons. The van der Waals surface area contributed by atoms with Gasteiger partial charge in [0.25, 0.3) is 0 Å². The van der Waals surface area contributed by atoms with Crippen LogP contribution in [0.3, 0.4) is 0 Å². The van der Waals surface area contributed by atoms with E-state index < -0.39 is 0 Å². The Kier molecular flexibility index (Phi) is 2.80. The molecule has 0 unspecified atom stereocenters. The topological polar surface area (TPSA) is 34.1 Å². The average molecular weight is 382 g/mol. The Bertz CT molecular complexity index is 1930. The molecule has 2 nitrogen and oxygen atoms in total. The monoisotopic (exact) mass is 382 g/mol. The maximum Gasteiger partial charge on any atom is 0.194 e. The molecule has 30 heavy (non-hydrogen) atoms. The zero-order valence-corrected chi connectivity index (χ0v) is 15.9. The molecule has 0 N–H and O–H groups in total. The molecule has 0 fully saturated rings. The van der Waals surface area contributed by atoms with Crippen LogP contribution in [0, 0.1) is 0 Å². The quantitative estimate of drug-likeness (QED) is 0.293. The van der Waals surface area contributed by atoms with E-state index in [4.69, 9.17) is 0 Å². The molecule has 7 aromatic carbocycles. The largest absolute Gasteiger partial charge is 0.289 e. The van der Waals surface area contributed by atoms with Gasteiger partial charge < -0.3 is 0 Å². The summed E-state index contributed by atoms with van der Waals surface area (Å²) in [6, 6.07) is 28.0. The first-order valence-electron chi connectivity index (χ1n) is 10.0. The lowest BCUT2D eigenvalue weighted by molar-refractivity contribution is 1.79. The second kappa shape index (κ2) is 5.31. The highest BCUT2D eigenvalue weighted by Gasteiger charge is 2.19. The third-order valence-electron chi connectivity index (χ3n) is 6.53. The molecule has 0 saturated heterocycles. The number of rotatable bonds is 0. The summed E-state index contributed by atoms with van der Waals surface area (Å²) >= 11 is 0. The van der Waals surface area contributed by atoms with Gasteiger partial charge in [-0.25, -0.2) is 0 Å². The zero-order chi connectivity index (χ0) is 20.0. The smallest absolute Gasteiger partial charge is 0.194 e. The normalized spacial score (nSPS) is 12.3. The van der Waals surface area contributed by atoms with Crippen LogP contribution >= 0.6 is 0 Å². The van der Waals surface area contributed by atoms with Crippen molar-refractivity contribution in [2.45, 2.75) is 0 Å². The summed E-state index contributed by atoms with van der Waals surface area (Å²) in [6.45, 7) is 0. The van der Waals surface area contributed by atoms with E-state index in [1.165, 1.54) is 0 Å². The third-order valence-corrected chi connectivity index (χ3v) is 6.53. The number of hydrogen-bond donors (Lipinski definition) is 0. The van der Waals surface area contributed by atoms with Gasteiger partial charge in [0.2, 0.25) is 0 Å². The van der Waals surface area contributed by atoms with Crippen LogP contribution in [0.5, 0.6) is 0 Å². The summed E-state index contributed by atoms with van der Waals surface area (Å²) in [5.41, 5.74) is 0.0746. The zero-order valence-electron chi connectivity index (χ0n) is 15.9. The molecule has 7 rings (SSSR count). The minimum Gasteiger partial charge on any atom is -0.289 e. The van der Waals surface area contributed by atoms with E-state index in [0.717, 1.165) is 48.5 Å². The molecule has 2 heteroatoms. The Labute approximate surface area is 170 Å². The Morgan fingerprint density at radius 1 is 0.367 bits per heavy atom. The van der Waals surface area contributed by atoms with Crippen molar-refractivity contribution in [3.8, 4) is 0 Å². The summed E-state index contributed by atoms with van der Waals surface area (Å²) in [5.74, 6) is 0. The first-order valence-corrected chi connectivity index (χ1v) is 10.0. The summed E-state index contributed by atoms with van der Waals surface area (Å²) in [4.78, 5) is 26.3. The van der Waals surface area contributed by atoms with Gasteiger partial charge in [0, 0.05) is 32.3 Å². The highest BCUT2D eigenvalue weighted by molar-refractivity contribution is 6.32. The van der Waals surface area contributed by atoms with Crippen LogP contribution < -0.4 is 10.9 Å². The fourth-order valence-electron chi connectivity index (χ4n) is 5.18. The van der Waals surface area contributed by atoms with E-state index in [1.807, 2.05) is 54.6 Å². The molecule has 0 aliphatic rings. The van der Waals surface area contributed by atoms with Crippen molar-refractivity contribution < 1.29 is 0 Å². The fraction of sp³-hybridized carbons (Fsp3) is 0. The highest BCUT2D eigenvalue weighted by atomic mass is 16.1. The van der Waals surface area contributed by atoms with Gasteiger partial charge in [-0.15, -0.1) is 0 Å². The van der Waals surface area contributed by atoms with Gasteiger partial charge in [-0.3, -0.25) is 9.59 Å². The fourth-order valence-corrected chi connectivity index (χ4v) is 5.18. The number of benzene rings is 5. The molecule has 0 saturated carbocycles. The van der Waals surface area contributed by atoms with E-state index in [9.17, 15) is 9.59 Å². The van der Waals surface area contributed by atoms with Crippen molar-refractivity contribution in [1.82, 2.24) is 0 Å². The molecule has 0 aliphatic heterocycles. The van der Waals surface area contributed by atoms with Gasteiger partial charge in [-0.1, -0.05) is 60.7 Å². The predicted octanol–water partition coefficient (Wildman–Crippen LogP) is 6.20. The van der Waals surface area contributed by atoms with Crippen molar-refractivity contribution in [3.05, 3.63) is 105 Å². The van der Waals surface area contributed by atoms with Crippen molar-refractivity contribution in [1.29, 1.82) is 0 Å². The second-order valence-corrected chi connectivity index (χ2v) is 8.02. The molecule has 0 aliphatic carbocycles. The summed E-state index contributed by atoms with van der Waals surface area (Å²) in [7, 11) is 0. The number of fused-ring (bicyclic) bond motifs is 10. The van der Waals surface area contributed by atoms with E-state index >= 15 is 0 Å². The Morgan fingerprint density at radius 2 is 0.967 bits per heavy atom. The molecule has 0 aromatic heterocycles. The van der Waals surface area contributed by atoms with Gasteiger partial charge in [-0.05, 0) is 56.6 Å². The lowest BCUT2D eigenvalue weighted by atomic mass is 9.98. The van der Waals surface area contributed by atoms with E-state index in [1.54, 1.807) is 0 Å². The summed E-state index contributed by atoms with van der Waals surface area (Å²) in [6.07, 6.45) is 0. The van der Waals surface area contributed by atoms with E-state index in [0.29, 0.717) is 16.2 Å². The van der Waals surface area contributed by atoms with Gasteiger partial charge >= 0.3 is 0 Å². The van der Waals surface area contributed by atoms with Gasteiger partial charge in [0.15, 0.2) is 10.9 Å². The van der Waals surface area contributed by atoms with Crippen LogP contribution in [0.25, 0.3) is 64.6 Å².